The van der Waals surface area contributed by atoms with Gasteiger partial charge in [0, 0.05) is 5.75 Å². The third-order valence-electron chi connectivity index (χ3n) is 4.71. The molecule has 1 aliphatic heterocycles. The highest BCUT2D eigenvalue weighted by Gasteiger charge is 2.18. The number of nitrogens with one attached hydrogen (secondary N) is 1. The predicted molar refractivity (Wildman–Crippen MR) is 120 cm³/mol. The summed E-state index contributed by atoms with van der Waals surface area (Å²) in [5.74, 6) is 2.15. The highest BCUT2D eigenvalue weighted by molar-refractivity contribution is 7.99. The summed E-state index contributed by atoms with van der Waals surface area (Å²) in [6.07, 6.45) is 0. The molecule has 8 heteroatoms. The second-order valence-corrected chi connectivity index (χ2v) is 8.33. The summed E-state index contributed by atoms with van der Waals surface area (Å²) >= 11 is 7.79. The zero-order valence-corrected chi connectivity index (χ0v) is 18.3. The maximum Gasteiger partial charge on any atom is 0.234 e. The second-order valence-electron chi connectivity index (χ2n) is 6.94. The van der Waals surface area contributed by atoms with Crippen LogP contribution in [0.1, 0.15) is 17.0 Å². The van der Waals surface area contributed by atoms with Crippen LogP contribution in [0.25, 0.3) is 5.69 Å². The van der Waals surface area contributed by atoms with Gasteiger partial charge in [0.1, 0.15) is 13.2 Å². The lowest BCUT2D eigenvalue weighted by Gasteiger charge is -2.20. The zero-order valence-electron chi connectivity index (χ0n) is 16.8. The van der Waals surface area contributed by atoms with Crippen LogP contribution in [0, 0.1) is 13.8 Å². The van der Waals surface area contributed by atoms with Crippen molar-refractivity contribution < 1.29 is 14.3 Å². The third kappa shape index (κ3) is 4.42. The van der Waals surface area contributed by atoms with Crippen molar-refractivity contribution in [2.24, 2.45) is 0 Å². The van der Waals surface area contributed by atoms with Crippen LogP contribution in [-0.2, 0) is 10.5 Å². The lowest BCUT2D eigenvalue weighted by Crippen LogP contribution is -2.16. The minimum Gasteiger partial charge on any atom is -0.486 e. The highest BCUT2D eigenvalue weighted by Crippen LogP contribution is 2.39. The van der Waals surface area contributed by atoms with Gasteiger partial charge in [-0.3, -0.25) is 4.79 Å². The van der Waals surface area contributed by atoms with Crippen molar-refractivity contribution >= 4 is 35.0 Å². The van der Waals surface area contributed by atoms with E-state index in [1.54, 1.807) is 0 Å². The molecule has 2 aromatic carbocycles. The van der Waals surface area contributed by atoms with E-state index in [9.17, 15) is 4.79 Å². The molecule has 2 heterocycles. The second kappa shape index (κ2) is 9.02. The summed E-state index contributed by atoms with van der Waals surface area (Å²) in [4.78, 5) is 12.5. The van der Waals surface area contributed by atoms with E-state index < -0.39 is 0 Å². The van der Waals surface area contributed by atoms with Gasteiger partial charge >= 0.3 is 0 Å². The van der Waals surface area contributed by atoms with Crippen LogP contribution in [-0.4, -0.2) is 34.7 Å². The molecule has 0 bridgehead atoms. The first-order valence-corrected chi connectivity index (χ1v) is 11.1. The molecule has 3 aromatic rings. The van der Waals surface area contributed by atoms with E-state index in [1.165, 1.54) is 11.8 Å². The molecule has 1 N–H and O–H groups in total. The van der Waals surface area contributed by atoms with Crippen molar-refractivity contribution in [2.45, 2.75) is 19.6 Å². The Morgan fingerprint density at radius 1 is 1.20 bits per heavy atom. The first kappa shape index (κ1) is 20.6. The maximum atomic E-state index is 12.5. The number of nitrogens with zero attached hydrogens (tertiary/aromatic N) is 2. The Balaban J connectivity index is 1.37. The molecule has 0 fully saturated rings. The number of hydrogen-bond acceptors (Lipinski definition) is 5. The fourth-order valence-corrected chi connectivity index (χ4v) is 4.38. The summed E-state index contributed by atoms with van der Waals surface area (Å²) in [6.45, 7) is 4.86. The van der Waals surface area contributed by atoms with Gasteiger partial charge in [-0.25, -0.2) is 4.68 Å². The van der Waals surface area contributed by atoms with Gasteiger partial charge in [0.15, 0.2) is 11.5 Å². The first-order valence-electron chi connectivity index (χ1n) is 9.60. The van der Waals surface area contributed by atoms with Crippen molar-refractivity contribution in [1.29, 1.82) is 0 Å². The molecular formula is C22H22ClN3O3S. The molecule has 6 nitrogen and oxygen atoms in total. The topological polar surface area (TPSA) is 65.4 Å². The van der Waals surface area contributed by atoms with Crippen LogP contribution in [0.15, 0.2) is 42.5 Å². The van der Waals surface area contributed by atoms with Crippen molar-refractivity contribution in [3.63, 3.8) is 0 Å². The van der Waals surface area contributed by atoms with Crippen LogP contribution in [0.3, 0.4) is 0 Å². The Hall–Kier alpha value is -2.64. The van der Waals surface area contributed by atoms with E-state index in [-0.39, 0.29) is 5.91 Å². The normalized spacial score (nSPS) is 12.6. The van der Waals surface area contributed by atoms with Crippen molar-refractivity contribution in [3.8, 4) is 17.2 Å². The summed E-state index contributed by atoms with van der Waals surface area (Å²) in [5, 5.41) is 8.10. The number of ether oxygens (including phenoxy) is 2. The number of thioether (sulfide) groups is 1. The van der Waals surface area contributed by atoms with Gasteiger partial charge in [0.2, 0.25) is 5.91 Å². The molecule has 0 unspecified atom stereocenters. The Morgan fingerprint density at radius 3 is 2.77 bits per heavy atom. The number of carbonyl (C=O) groups is 1. The molecular weight excluding hydrogens is 422 g/mol. The number of carbonyl (C=O) groups excluding carboxylic acids is 1. The van der Waals surface area contributed by atoms with E-state index >= 15 is 0 Å². The molecule has 0 saturated carbocycles. The minimum atomic E-state index is -0.0672. The van der Waals surface area contributed by atoms with Crippen LogP contribution >= 0.6 is 23.4 Å². The molecule has 0 spiro atoms. The molecule has 4 rings (SSSR count). The summed E-state index contributed by atoms with van der Waals surface area (Å²) < 4.78 is 13.0. The number of amides is 1. The van der Waals surface area contributed by atoms with Gasteiger partial charge in [0.05, 0.1) is 33.5 Å². The average molecular weight is 444 g/mol. The van der Waals surface area contributed by atoms with Crippen molar-refractivity contribution in [1.82, 2.24) is 9.78 Å². The van der Waals surface area contributed by atoms with Gasteiger partial charge in [-0.05, 0) is 43.7 Å². The lowest BCUT2D eigenvalue weighted by molar-refractivity contribution is -0.113. The maximum absolute atomic E-state index is 12.5. The number of benzene rings is 2. The number of anilines is 1. The lowest BCUT2D eigenvalue weighted by atomic mass is 10.2. The number of hydrogen-bond donors (Lipinski definition) is 1. The Kier molecular flexibility index (Phi) is 6.20. The molecule has 30 heavy (non-hydrogen) atoms. The predicted octanol–water partition coefficient (Wildman–Crippen LogP) is 4.79. The third-order valence-corrected chi connectivity index (χ3v) is 6.00. The van der Waals surface area contributed by atoms with Crippen LogP contribution in [0.5, 0.6) is 11.5 Å². The van der Waals surface area contributed by atoms with E-state index in [0.29, 0.717) is 41.2 Å². The van der Waals surface area contributed by atoms with E-state index in [4.69, 9.17) is 21.1 Å². The summed E-state index contributed by atoms with van der Waals surface area (Å²) in [6, 6.07) is 13.6. The zero-order chi connectivity index (χ0) is 21.1. The van der Waals surface area contributed by atoms with E-state index in [0.717, 1.165) is 28.3 Å². The fraction of sp³-hybridized carbons (Fsp3) is 0.273. The Labute approximate surface area is 184 Å². The number of aromatic nitrogens is 2. The van der Waals surface area contributed by atoms with E-state index in [1.807, 2.05) is 61.0 Å². The molecule has 156 valence electrons. The molecule has 0 aliphatic carbocycles. The van der Waals surface area contributed by atoms with Crippen LogP contribution < -0.4 is 14.8 Å². The van der Waals surface area contributed by atoms with Gasteiger partial charge in [0.25, 0.3) is 0 Å². The largest absolute Gasteiger partial charge is 0.486 e. The van der Waals surface area contributed by atoms with Gasteiger partial charge in [-0.1, -0.05) is 29.8 Å². The number of halogens is 1. The Bertz CT molecular complexity index is 1070. The molecule has 1 amide bonds. The van der Waals surface area contributed by atoms with Crippen molar-refractivity contribution in [3.05, 3.63) is 64.4 Å². The van der Waals surface area contributed by atoms with Crippen molar-refractivity contribution in [2.75, 3.05) is 24.3 Å². The monoisotopic (exact) mass is 443 g/mol. The van der Waals surface area contributed by atoms with Gasteiger partial charge < -0.3 is 14.8 Å². The average Bonchev–Trinajstić information content (AvgIpc) is 3.03. The number of fused-ring (bicyclic) bond motifs is 1. The van der Waals surface area contributed by atoms with Crippen LogP contribution in [0.2, 0.25) is 5.02 Å². The molecule has 1 aliphatic rings. The standard InChI is InChI=1S/C22H22ClN3O3S/c1-14-21(15(2)26(25-14)17-6-4-3-5-7-17)24-20(27)13-30-12-16-10-18(23)22-19(11-16)28-8-9-29-22/h3-7,10-11H,8-9,12-13H2,1-2H3,(H,24,27). The van der Waals surface area contributed by atoms with E-state index in [2.05, 4.69) is 10.4 Å². The molecule has 0 atom stereocenters. The quantitative estimate of drug-likeness (QED) is 0.593. The van der Waals surface area contributed by atoms with Crippen LogP contribution in [0.4, 0.5) is 5.69 Å². The SMILES string of the molecule is Cc1nn(-c2ccccc2)c(C)c1NC(=O)CSCc1cc(Cl)c2c(c1)OCCO2. The smallest absolute Gasteiger partial charge is 0.234 e. The van der Waals surface area contributed by atoms with Gasteiger partial charge in [-0.2, -0.15) is 5.10 Å². The number of rotatable bonds is 6. The Morgan fingerprint density at radius 2 is 1.97 bits per heavy atom. The number of aryl methyl sites for hydroxylation is 1. The minimum absolute atomic E-state index is 0.0672. The van der Waals surface area contributed by atoms with Gasteiger partial charge in [-0.15, -0.1) is 11.8 Å². The molecule has 1 aromatic heterocycles. The first-order chi connectivity index (χ1) is 14.5. The molecule has 0 saturated heterocycles. The summed E-state index contributed by atoms with van der Waals surface area (Å²) in [7, 11) is 0. The molecule has 0 radical (unpaired) electrons. The number of para-hydroxylation sites is 1. The summed E-state index contributed by atoms with van der Waals surface area (Å²) in [5.41, 5.74) is 4.39. The highest BCUT2D eigenvalue weighted by atomic mass is 35.5. The fourth-order valence-electron chi connectivity index (χ4n) is 3.33.